The lowest BCUT2D eigenvalue weighted by atomic mass is 10.0. The summed E-state index contributed by atoms with van der Waals surface area (Å²) in [4.78, 5) is 10.8. The average molecular weight is 280 g/mol. The summed E-state index contributed by atoms with van der Waals surface area (Å²) in [5.41, 5.74) is 2.52. The number of nitrogens with one attached hydrogen (secondary N) is 2. The number of anilines is 2. The van der Waals surface area contributed by atoms with Gasteiger partial charge < -0.3 is 20.4 Å². The van der Waals surface area contributed by atoms with Crippen molar-refractivity contribution in [2.75, 3.05) is 37.5 Å². The molecule has 7 nitrogen and oxygen atoms in total. The molecule has 1 aliphatic rings. The fourth-order valence-corrected chi connectivity index (χ4v) is 2.58. The number of ether oxygens (including phenoxy) is 1. The number of rotatable bonds is 6. The molecule has 2 heterocycles. The van der Waals surface area contributed by atoms with Crippen LogP contribution in [0, 0.1) is 0 Å². The Balaban J connectivity index is 1.97. The molecule has 1 aliphatic heterocycles. The van der Waals surface area contributed by atoms with Gasteiger partial charge in [0.15, 0.2) is 11.6 Å². The van der Waals surface area contributed by atoms with Crippen molar-refractivity contribution >= 4 is 11.6 Å². The van der Waals surface area contributed by atoms with E-state index >= 15 is 0 Å². The third-order valence-corrected chi connectivity index (χ3v) is 3.61. The van der Waals surface area contributed by atoms with Gasteiger partial charge in [-0.1, -0.05) is 6.92 Å². The summed E-state index contributed by atoms with van der Waals surface area (Å²) in [6.45, 7) is 5.66. The second-order valence-corrected chi connectivity index (χ2v) is 5.01. The van der Waals surface area contributed by atoms with Crippen LogP contribution >= 0.6 is 0 Å². The number of hydrogen-bond acceptors (Lipinski definition) is 7. The van der Waals surface area contributed by atoms with Gasteiger partial charge in [-0.3, -0.25) is 0 Å². The minimum absolute atomic E-state index is 0.414. The predicted octanol–water partition coefficient (Wildman–Crippen LogP) is 1.06. The van der Waals surface area contributed by atoms with Crippen LogP contribution in [0.15, 0.2) is 6.33 Å². The van der Waals surface area contributed by atoms with Crippen molar-refractivity contribution < 1.29 is 4.74 Å². The third kappa shape index (κ3) is 3.49. The predicted molar refractivity (Wildman–Crippen MR) is 79.8 cm³/mol. The largest absolute Gasteiger partial charge is 0.490 e. The van der Waals surface area contributed by atoms with E-state index in [0.717, 1.165) is 25.9 Å². The highest BCUT2D eigenvalue weighted by Gasteiger charge is 2.21. The highest BCUT2D eigenvalue weighted by atomic mass is 16.5. The lowest BCUT2D eigenvalue weighted by Gasteiger charge is -2.32. The zero-order chi connectivity index (χ0) is 14.4. The molecule has 0 spiro atoms. The van der Waals surface area contributed by atoms with Crippen molar-refractivity contribution in [2.24, 2.45) is 5.84 Å². The first-order valence-corrected chi connectivity index (χ1v) is 7.13. The second-order valence-electron chi connectivity index (χ2n) is 5.01. The van der Waals surface area contributed by atoms with Gasteiger partial charge in [-0.15, -0.1) is 0 Å². The number of likely N-dealkylation sites (tertiary alicyclic amines) is 1. The highest BCUT2D eigenvalue weighted by molar-refractivity contribution is 5.63. The fraction of sp³-hybridized carbons (Fsp3) is 0.692. The maximum atomic E-state index is 5.43. The van der Waals surface area contributed by atoms with Crippen LogP contribution in [-0.4, -0.2) is 47.7 Å². The van der Waals surface area contributed by atoms with Crippen molar-refractivity contribution in [2.45, 2.75) is 32.2 Å². The van der Waals surface area contributed by atoms with Gasteiger partial charge in [0.1, 0.15) is 6.33 Å². The first kappa shape index (κ1) is 14.8. The quantitative estimate of drug-likeness (QED) is 0.530. The summed E-state index contributed by atoms with van der Waals surface area (Å²) >= 11 is 0. The summed E-state index contributed by atoms with van der Waals surface area (Å²) in [6.07, 6.45) is 4.91. The smallest absolute Gasteiger partial charge is 0.205 e. The number of methoxy groups -OCH3 is 1. The van der Waals surface area contributed by atoms with Crippen molar-refractivity contribution in [3.05, 3.63) is 6.33 Å². The van der Waals surface area contributed by atoms with E-state index in [0.29, 0.717) is 23.4 Å². The average Bonchev–Trinajstić information content (AvgIpc) is 2.49. The van der Waals surface area contributed by atoms with Gasteiger partial charge in [-0.2, -0.15) is 0 Å². The molecule has 112 valence electrons. The molecule has 0 saturated carbocycles. The van der Waals surface area contributed by atoms with Gasteiger partial charge in [-0.05, 0) is 25.8 Å². The van der Waals surface area contributed by atoms with Crippen LogP contribution in [0.2, 0.25) is 0 Å². The number of nitrogens with two attached hydrogens (primary N) is 1. The number of nitrogens with zero attached hydrogens (tertiary/aromatic N) is 3. The summed E-state index contributed by atoms with van der Waals surface area (Å²) in [6, 6.07) is 0.414. The lowest BCUT2D eigenvalue weighted by molar-refractivity contribution is 0.219. The molecule has 7 heteroatoms. The maximum absolute atomic E-state index is 5.43. The van der Waals surface area contributed by atoms with Gasteiger partial charge >= 0.3 is 0 Å². The molecule has 0 aromatic carbocycles. The summed E-state index contributed by atoms with van der Waals surface area (Å²) in [5.74, 6) is 7.18. The zero-order valence-electron chi connectivity index (χ0n) is 12.2. The van der Waals surface area contributed by atoms with Crippen LogP contribution in [-0.2, 0) is 0 Å². The molecule has 20 heavy (non-hydrogen) atoms. The molecule has 0 atom stereocenters. The highest BCUT2D eigenvalue weighted by Crippen LogP contribution is 2.29. The van der Waals surface area contributed by atoms with Gasteiger partial charge in [0.25, 0.3) is 0 Å². The number of aromatic nitrogens is 2. The zero-order valence-corrected chi connectivity index (χ0v) is 12.2. The fourth-order valence-electron chi connectivity index (χ4n) is 2.58. The lowest BCUT2D eigenvalue weighted by Crippen LogP contribution is -2.39. The Labute approximate surface area is 119 Å². The molecular weight excluding hydrogens is 256 g/mol. The second kappa shape index (κ2) is 7.25. The molecular formula is C13H24N6O. The van der Waals surface area contributed by atoms with Crippen LogP contribution in [0.25, 0.3) is 0 Å². The summed E-state index contributed by atoms with van der Waals surface area (Å²) in [5, 5.41) is 3.44. The van der Waals surface area contributed by atoms with Crippen LogP contribution in [0.4, 0.5) is 11.6 Å². The molecule has 0 unspecified atom stereocenters. The van der Waals surface area contributed by atoms with Crippen LogP contribution in [0.3, 0.4) is 0 Å². The topological polar surface area (TPSA) is 88.3 Å². The van der Waals surface area contributed by atoms with Crippen molar-refractivity contribution in [1.82, 2.24) is 14.9 Å². The Bertz CT molecular complexity index is 419. The molecule has 4 N–H and O–H groups in total. The van der Waals surface area contributed by atoms with E-state index in [1.54, 1.807) is 7.11 Å². The summed E-state index contributed by atoms with van der Waals surface area (Å²) in [7, 11) is 1.59. The van der Waals surface area contributed by atoms with Gasteiger partial charge in [0.2, 0.25) is 5.75 Å². The Morgan fingerprint density at radius 2 is 2.05 bits per heavy atom. The molecule has 1 aromatic heterocycles. The van der Waals surface area contributed by atoms with Crippen LogP contribution in [0.5, 0.6) is 5.75 Å². The Morgan fingerprint density at radius 1 is 1.35 bits per heavy atom. The Hall–Kier alpha value is -1.60. The molecule has 0 bridgehead atoms. The van der Waals surface area contributed by atoms with Crippen molar-refractivity contribution in [1.29, 1.82) is 0 Å². The minimum atomic E-state index is 0.414. The SMILES string of the molecule is CCCN1CCC(Nc2ncnc(NN)c2OC)CC1. The first-order valence-electron chi connectivity index (χ1n) is 7.13. The Kier molecular flexibility index (Phi) is 5.37. The summed E-state index contributed by atoms with van der Waals surface area (Å²) < 4.78 is 5.33. The van der Waals surface area contributed by atoms with Crippen molar-refractivity contribution in [3.63, 3.8) is 0 Å². The number of nitrogen functional groups attached to an aromatic ring is 1. The monoisotopic (exact) mass is 280 g/mol. The van der Waals surface area contributed by atoms with E-state index < -0.39 is 0 Å². The van der Waals surface area contributed by atoms with E-state index in [2.05, 4.69) is 32.5 Å². The van der Waals surface area contributed by atoms with Crippen LogP contribution in [0.1, 0.15) is 26.2 Å². The van der Waals surface area contributed by atoms with E-state index in [9.17, 15) is 0 Å². The third-order valence-electron chi connectivity index (χ3n) is 3.61. The number of hydrogen-bond donors (Lipinski definition) is 3. The van der Waals surface area contributed by atoms with Gasteiger partial charge in [-0.25, -0.2) is 15.8 Å². The Morgan fingerprint density at radius 3 is 2.65 bits per heavy atom. The van der Waals surface area contributed by atoms with Crippen molar-refractivity contribution in [3.8, 4) is 5.75 Å². The molecule has 0 amide bonds. The number of hydrazine groups is 1. The van der Waals surface area contributed by atoms with E-state index in [1.807, 2.05) is 0 Å². The van der Waals surface area contributed by atoms with Gasteiger partial charge in [0.05, 0.1) is 7.11 Å². The maximum Gasteiger partial charge on any atom is 0.205 e. The molecule has 1 saturated heterocycles. The number of piperidine rings is 1. The van der Waals surface area contributed by atoms with Gasteiger partial charge in [0, 0.05) is 19.1 Å². The molecule has 1 aromatic rings. The normalized spacial score (nSPS) is 16.9. The molecule has 2 rings (SSSR count). The van der Waals surface area contributed by atoms with Crippen LogP contribution < -0.4 is 21.3 Å². The van der Waals surface area contributed by atoms with E-state index in [-0.39, 0.29) is 0 Å². The molecule has 0 aliphatic carbocycles. The molecule has 1 fully saturated rings. The standard InChI is InChI=1S/C13H24N6O/c1-3-6-19-7-4-10(5-8-19)17-12-11(20-2)13(18-14)16-9-15-12/h9-10H,3-8,14H2,1-2H3,(H2,15,16,17,18). The van der Waals surface area contributed by atoms with E-state index in [4.69, 9.17) is 10.6 Å². The first-order chi connectivity index (χ1) is 9.78. The molecule has 0 radical (unpaired) electrons. The van der Waals surface area contributed by atoms with E-state index in [1.165, 1.54) is 19.3 Å². The minimum Gasteiger partial charge on any atom is -0.490 e.